The molecule has 1 fully saturated rings. The molecule has 0 spiro atoms. The van der Waals surface area contributed by atoms with Gasteiger partial charge in [-0.05, 0) is 24.6 Å². The second kappa shape index (κ2) is 7.49. The van der Waals surface area contributed by atoms with Gasteiger partial charge >= 0.3 is 17.4 Å². The molecule has 0 unspecified atom stereocenters. The Kier molecular flexibility index (Phi) is 5.41. The largest absolute Gasteiger partial charge is 0.476 e. The van der Waals surface area contributed by atoms with Crippen molar-refractivity contribution >= 4 is 16.9 Å². The predicted molar refractivity (Wildman–Crippen MR) is 92.8 cm³/mol. The summed E-state index contributed by atoms with van der Waals surface area (Å²) in [5.41, 5.74) is 0.226. The molecule has 1 aliphatic heterocycles. The van der Waals surface area contributed by atoms with Crippen molar-refractivity contribution < 1.29 is 44.2 Å². The number of aliphatic carboxylic acids is 1. The quantitative estimate of drug-likeness (QED) is 0.401. The lowest BCUT2D eigenvalue weighted by atomic mass is 9.92. The minimum atomic E-state index is -2.45. The highest BCUT2D eigenvalue weighted by Crippen LogP contribution is 2.35. The molecule has 0 aliphatic carbocycles. The molecule has 0 radical (unpaired) electrons. The summed E-state index contributed by atoms with van der Waals surface area (Å²) in [5.74, 6) is -4.10. The fourth-order valence-corrected chi connectivity index (χ4v) is 3.17. The topological polar surface area (TPSA) is 167 Å². The van der Waals surface area contributed by atoms with Crippen LogP contribution in [0.1, 0.15) is 12.0 Å². The molecule has 152 valence electrons. The third-order valence-electron chi connectivity index (χ3n) is 4.63. The minimum absolute atomic E-state index is 0.0375. The fourth-order valence-electron chi connectivity index (χ4n) is 3.17. The summed E-state index contributed by atoms with van der Waals surface area (Å²) in [5, 5.41) is 49.3. The van der Waals surface area contributed by atoms with Crippen LogP contribution in [0.3, 0.4) is 0 Å². The van der Waals surface area contributed by atoms with Gasteiger partial charge in [-0.2, -0.15) is 0 Å². The number of aliphatic hydroxyl groups excluding tert-OH is 4. The van der Waals surface area contributed by atoms with Crippen molar-refractivity contribution in [3.63, 3.8) is 0 Å². The first-order valence-electron chi connectivity index (χ1n) is 8.46. The first-order valence-corrected chi connectivity index (χ1v) is 8.46. The van der Waals surface area contributed by atoms with E-state index in [1.54, 1.807) is 13.0 Å². The number of hydrogen-bond acceptors (Lipinski definition) is 9. The number of aryl methyl sites for hydroxylation is 1. The maximum Gasteiger partial charge on any atom is 0.377 e. The number of carboxylic acid groups (broad SMARTS) is 1. The van der Waals surface area contributed by atoms with Crippen LogP contribution >= 0.6 is 0 Å². The molecule has 2 aromatic rings. The second-order valence-corrected chi connectivity index (χ2v) is 6.66. The third-order valence-corrected chi connectivity index (χ3v) is 4.63. The van der Waals surface area contributed by atoms with Crippen LogP contribution < -0.4 is 10.4 Å². The van der Waals surface area contributed by atoms with E-state index in [-0.39, 0.29) is 11.3 Å². The average Bonchev–Trinajstić information content (AvgIpc) is 2.63. The van der Waals surface area contributed by atoms with Gasteiger partial charge in [-0.3, -0.25) is 0 Å². The molecule has 10 heteroatoms. The molecule has 28 heavy (non-hydrogen) atoms. The number of carbonyl (C=O) groups is 1. The lowest BCUT2D eigenvalue weighted by molar-refractivity contribution is -0.298. The van der Waals surface area contributed by atoms with Gasteiger partial charge in [0.15, 0.2) is 0 Å². The Bertz CT molecular complexity index is 938. The summed E-state index contributed by atoms with van der Waals surface area (Å²) in [6.07, 6.45) is -7.13. The molecule has 10 nitrogen and oxygen atoms in total. The van der Waals surface area contributed by atoms with E-state index in [2.05, 4.69) is 0 Å². The fraction of sp³-hybridized carbons (Fsp3) is 0.444. The monoisotopic (exact) mass is 396 g/mol. The Balaban J connectivity index is 2.00. The zero-order valence-electron chi connectivity index (χ0n) is 14.8. The Labute approximate surface area is 158 Å². The summed E-state index contributed by atoms with van der Waals surface area (Å²) in [6.45, 7) is 0.881. The number of rotatable bonds is 5. The van der Waals surface area contributed by atoms with Crippen molar-refractivity contribution in [3.8, 4) is 5.75 Å². The van der Waals surface area contributed by atoms with Gasteiger partial charge in [-0.1, -0.05) is 0 Å². The van der Waals surface area contributed by atoms with Gasteiger partial charge in [-0.25, -0.2) is 9.59 Å². The Hall–Kier alpha value is -2.50. The van der Waals surface area contributed by atoms with E-state index in [4.69, 9.17) is 19.0 Å². The van der Waals surface area contributed by atoms with Gasteiger partial charge < -0.3 is 39.4 Å². The summed E-state index contributed by atoms with van der Waals surface area (Å²) in [7, 11) is 0. The van der Waals surface area contributed by atoms with E-state index in [9.17, 15) is 30.0 Å². The number of ether oxygens (including phenoxy) is 2. The number of carboxylic acids is 1. The lowest BCUT2D eigenvalue weighted by Crippen LogP contribution is -2.64. The molecule has 5 N–H and O–H groups in total. The zero-order valence-corrected chi connectivity index (χ0v) is 14.8. The van der Waals surface area contributed by atoms with Crippen LogP contribution in [0, 0.1) is 6.92 Å². The van der Waals surface area contributed by atoms with Gasteiger partial charge in [-0.15, -0.1) is 0 Å². The second-order valence-electron chi connectivity index (χ2n) is 6.66. The highest BCUT2D eigenvalue weighted by molar-refractivity contribution is 5.82. The van der Waals surface area contributed by atoms with Crippen LogP contribution in [0.15, 0.2) is 33.5 Å². The molecule has 3 rings (SSSR count). The standard InChI is InChI=1S/C18H20O10/c1-8-4-14(22)26-13-5-9(2-3-10(8)13)27-18(17(24)25)6-11(20)15(23)16(28-18)12(21)7-19/h2-5,11-12,15-16,19-21,23H,6-7H2,1H3,(H,24,25)/t11-,12-,15-,16-,18+/m1/s1. The van der Waals surface area contributed by atoms with Crippen molar-refractivity contribution in [2.75, 3.05) is 6.61 Å². The van der Waals surface area contributed by atoms with Crippen LogP contribution in [0.4, 0.5) is 0 Å². The number of fused-ring (bicyclic) bond motifs is 1. The summed E-state index contributed by atoms with van der Waals surface area (Å²) in [4.78, 5) is 23.5. The first kappa shape index (κ1) is 20.2. The van der Waals surface area contributed by atoms with E-state index in [1.165, 1.54) is 18.2 Å². The van der Waals surface area contributed by atoms with Gasteiger partial charge in [0.1, 0.15) is 29.6 Å². The lowest BCUT2D eigenvalue weighted by Gasteiger charge is -2.43. The van der Waals surface area contributed by atoms with E-state index in [0.29, 0.717) is 10.9 Å². The minimum Gasteiger partial charge on any atom is -0.476 e. The molecule has 0 amide bonds. The molecular formula is C18H20O10. The third kappa shape index (κ3) is 3.60. The summed E-state index contributed by atoms with van der Waals surface area (Å²) in [6, 6.07) is 5.60. The van der Waals surface area contributed by atoms with Gasteiger partial charge in [0.05, 0.1) is 19.1 Å². The van der Waals surface area contributed by atoms with Crippen molar-refractivity contribution in [1.29, 1.82) is 0 Å². The van der Waals surface area contributed by atoms with Gasteiger partial charge in [0.25, 0.3) is 0 Å². The highest BCUT2D eigenvalue weighted by atomic mass is 16.7. The first-order chi connectivity index (χ1) is 13.2. The zero-order chi connectivity index (χ0) is 20.6. The molecule has 0 saturated carbocycles. The molecule has 1 aromatic heterocycles. The summed E-state index contributed by atoms with van der Waals surface area (Å²) >= 11 is 0. The Morgan fingerprint density at radius 1 is 1.36 bits per heavy atom. The van der Waals surface area contributed by atoms with E-state index < -0.39 is 54.8 Å². The van der Waals surface area contributed by atoms with Crippen LogP contribution in [-0.2, 0) is 9.53 Å². The normalized spacial score (nSPS) is 28.8. The predicted octanol–water partition coefficient (Wildman–Crippen LogP) is -0.875. The number of benzene rings is 1. The molecular weight excluding hydrogens is 376 g/mol. The summed E-state index contributed by atoms with van der Waals surface area (Å²) < 4.78 is 15.9. The van der Waals surface area contributed by atoms with Crippen molar-refractivity contribution in [2.24, 2.45) is 0 Å². The van der Waals surface area contributed by atoms with Gasteiger partial charge in [0.2, 0.25) is 0 Å². The molecule has 1 aromatic carbocycles. The van der Waals surface area contributed by atoms with E-state index in [0.717, 1.165) is 0 Å². The smallest absolute Gasteiger partial charge is 0.377 e. The molecule has 2 heterocycles. The Morgan fingerprint density at radius 2 is 2.07 bits per heavy atom. The molecule has 1 aliphatic rings. The van der Waals surface area contributed by atoms with Crippen molar-refractivity contribution in [1.82, 2.24) is 0 Å². The van der Waals surface area contributed by atoms with Crippen LogP contribution in [0.2, 0.25) is 0 Å². The van der Waals surface area contributed by atoms with E-state index >= 15 is 0 Å². The van der Waals surface area contributed by atoms with Crippen LogP contribution in [0.25, 0.3) is 11.0 Å². The Morgan fingerprint density at radius 3 is 2.71 bits per heavy atom. The van der Waals surface area contributed by atoms with Crippen molar-refractivity contribution in [2.45, 2.75) is 43.5 Å². The van der Waals surface area contributed by atoms with Crippen LogP contribution in [0.5, 0.6) is 5.75 Å². The van der Waals surface area contributed by atoms with Gasteiger partial charge in [0, 0.05) is 17.5 Å². The molecule has 1 saturated heterocycles. The average molecular weight is 396 g/mol. The van der Waals surface area contributed by atoms with Crippen LogP contribution in [-0.4, -0.2) is 68.3 Å². The highest BCUT2D eigenvalue weighted by Gasteiger charge is 2.55. The number of hydrogen-bond donors (Lipinski definition) is 5. The maximum atomic E-state index is 11.9. The molecule has 5 atom stereocenters. The molecule has 0 bridgehead atoms. The van der Waals surface area contributed by atoms with E-state index in [1.807, 2.05) is 0 Å². The maximum absolute atomic E-state index is 11.9. The SMILES string of the molecule is Cc1cc(=O)oc2cc(O[C@@]3(C(=O)O)C[C@@H](O)[C@@H](O)[C@@H]([C@H](O)CO)O3)ccc12. The number of aliphatic hydroxyl groups is 4. The van der Waals surface area contributed by atoms with Crippen molar-refractivity contribution in [3.05, 3.63) is 40.2 Å².